The summed E-state index contributed by atoms with van der Waals surface area (Å²) in [6.07, 6.45) is 3.59. The number of carbonyl (C=O) groups excluding carboxylic acids is 1. The van der Waals surface area contributed by atoms with E-state index in [-0.39, 0.29) is 0 Å². The highest BCUT2D eigenvalue weighted by atomic mass is 19.1. The van der Waals surface area contributed by atoms with Gasteiger partial charge >= 0.3 is 5.97 Å². The van der Waals surface area contributed by atoms with Crippen molar-refractivity contribution in [2.45, 2.75) is 31.2 Å². The van der Waals surface area contributed by atoms with Crippen molar-refractivity contribution in [3.8, 4) is 0 Å². The molecule has 2 rings (SSSR count). The molecule has 1 aromatic carbocycles. The third-order valence-corrected chi connectivity index (χ3v) is 3.51. The summed E-state index contributed by atoms with van der Waals surface area (Å²) >= 11 is 0. The average molecular weight is 265 g/mol. The van der Waals surface area contributed by atoms with E-state index >= 15 is 0 Å². The zero-order chi connectivity index (χ0) is 13.8. The van der Waals surface area contributed by atoms with Crippen LogP contribution in [0.5, 0.6) is 0 Å². The summed E-state index contributed by atoms with van der Waals surface area (Å²) < 4.78 is 12.4. The van der Waals surface area contributed by atoms with Gasteiger partial charge in [0.1, 0.15) is 6.67 Å². The van der Waals surface area contributed by atoms with Gasteiger partial charge in [-0.3, -0.25) is 4.79 Å². The summed E-state index contributed by atoms with van der Waals surface area (Å²) in [6, 6.07) is 5.58. The number of carboxylic acids is 1. The molecule has 1 aliphatic carbocycles. The number of halogens is 1. The van der Waals surface area contributed by atoms with E-state index in [0.717, 1.165) is 0 Å². The second-order valence-electron chi connectivity index (χ2n) is 4.77. The molecule has 0 aliphatic heterocycles. The van der Waals surface area contributed by atoms with Gasteiger partial charge in [0.05, 0.1) is 0 Å². The second kappa shape index (κ2) is 5.82. The Morgan fingerprint density at radius 2 is 1.95 bits per heavy atom. The summed E-state index contributed by atoms with van der Waals surface area (Å²) in [4.78, 5) is 22.4. The molecule has 1 fully saturated rings. The first-order chi connectivity index (χ1) is 9.11. The lowest BCUT2D eigenvalue weighted by Gasteiger charge is -2.25. The van der Waals surface area contributed by atoms with Crippen molar-refractivity contribution in [1.29, 1.82) is 0 Å². The quantitative estimate of drug-likeness (QED) is 0.856. The summed E-state index contributed by atoms with van der Waals surface area (Å²) in [5.41, 5.74) is 1.55. The normalized spacial score (nSPS) is 16.5. The molecule has 19 heavy (non-hydrogen) atoms. The SMILES string of the molecule is O=C(NC(CF)C(=O)O)c1ccc(C2CCC2)cc1. The third kappa shape index (κ3) is 3.10. The highest BCUT2D eigenvalue weighted by Crippen LogP contribution is 2.36. The number of amides is 1. The predicted octanol–water partition coefficient (Wildman–Crippen LogP) is 2.11. The summed E-state index contributed by atoms with van der Waals surface area (Å²) in [6.45, 7) is -1.12. The van der Waals surface area contributed by atoms with Crippen LogP contribution in [0.4, 0.5) is 4.39 Å². The van der Waals surface area contributed by atoms with Crippen LogP contribution in [0, 0.1) is 0 Å². The first-order valence-electron chi connectivity index (χ1n) is 6.31. The van der Waals surface area contributed by atoms with Gasteiger partial charge in [-0.05, 0) is 36.5 Å². The fourth-order valence-electron chi connectivity index (χ4n) is 2.06. The van der Waals surface area contributed by atoms with Crippen LogP contribution in [-0.2, 0) is 4.79 Å². The topological polar surface area (TPSA) is 66.4 Å². The van der Waals surface area contributed by atoms with Gasteiger partial charge in [-0.2, -0.15) is 0 Å². The minimum atomic E-state index is -1.49. The van der Waals surface area contributed by atoms with Crippen molar-refractivity contribution >= 4 is 11.9 Å². The summed E-state index contributed by atoms with van der Waals surface area (Å²) in [7, 11) is 0. The Kier molecular flexibility index (Phi) is 4.14. The molecule has 0 aromatic heterocycles. The highest BCUT2D eigenvalue weighted by molar-refractivity contribution is 5.96. The summed E-state index contributed by atoms with van der Waals surface area (Å²) in [5.74, 6) is -1.36. The molecule has 0 spiro atoms. The Labute approximate surface area is 110 Å². The van der Waals surface area contributed by atoms with Gasteiger partial charge in [0, 0.05) is 5.56 Å². The van der Waals surface area contributed by atoms with Crippen molar-refractivity contribution in [2.75, 3.05) is 6.67 Å². The third-order valence-electron chi connectivity index (χ3n) is 3.51. The monoisotopic (exact) mass is 265 g/mol. The molecule has 2 N–H and O–H groups in total. The van der Waals surface area contributed by atoms with Gasteiger partial charge in [0.25, 0.3) is 5.91 Å². The van der Waals surface area contributed by atoms with Crippen molar-refractivity contribution in [3.05, 3.63) is 35.4 Å². The molecule has 0 bridgehead atoms. The smallest absolute Gasteiger partial charge is 0.328 e. The minimum Gasteiger partial charge on any atom is -0.480 e. The standard InChI is InChI=1S/C14H16FNO3/c15-8-12(14(18)19)16-13(17)11-6-4-10(5-7-11)9-2-1-3-9/h4-7,9,12H,1-3,8H2,(H,16,17)(H,18,19). The molecule has 1 atom stereocenters. The first-order valence-corrected chi connectivity index (χ1v) is 6.31. The molecule has 1 unspecified atom stereocenters. The van der Waals surface area contributed by atoms with Crippen molar-refractivity contribution < 1.29 is 19.1 Å². The lowest BCUT2D eigenvalue weighted by molar-refractivity contribution is -0.139. The van der Waals surface area contributed by atoms with E-state index in [2.05, 4.69) is 5.32 Å². The van der Waals surface area contributed by atoms with E-state index in [1.807, 2.05) is 12.1 Å². The number of hydrogen-bond acceptors (Lipinski definition) is 2. The molecule has 4 nitrogen and oxygen atoms in total. The van der Waals surface area contributed by atoms with Crippen molar-refractivity contribution in [3.63, 3.8) is 0 Å². The zero-order valence-corrected chi connectivity index (χ0v) is 10.4. The van der Waals surface area contributed by atoms with Gasteiger partial charge in [-0.15, -0.1) is 0 Å². The maximum atomic E-state index is 12.4. The fraction of sp³-hybridized carbons (Fsp3) is 0.429. The Balaban J connectivity index is 2.00. The molecule has 5 heteroatoms. The van der Waals surface area contributed by atoms with Crippen LogP contribution in [0.15, 0.2) is 24.3 Å². The number of nitrogens with one attached hydrogen (secondary N) is 1. The van der Waals surface area contributed by atoms with Crippen LogP contribution in [0.1, 0.15) is 41.1 Å². The van der Waals surface area contributed by atoms with E-state index < -0.39 is 24.6 Å². The van der Waals surface area contributed by atoms with E-state index in [9.17, 15) is 14.0 Å². The second-order valence-corrected chi connectivity index (χ2v) is 4.77. The molecule has 1 aromatic rings. The van der Waals surface area contributed by atoms with Crippen LogP contribution in [0.3, 0.4) is 0 Å². The van der Waals surface area contributed by atoms with Crippen LogP contribution in [0.25, 0.3) is 0 Å². The molecule has 0 heterocycles. The van der Waals surface area contributed by atoms with E-state index in [4.69, 9.17) is 5.11 Å². The van der Waals surface area contributed by atoms with Gasteiger partial charge in [-0.25, -0.2) is 9.18 Å². The number of benzene rings is 1. The van der Waals surface area contributed by atoms with Crippen LogP contribution >= 0.6 is 0 Å². The fourth-order valence-corrected chi connectivity index (χ4v) is 2.06. The summed E-state index contributed by atoms with van der Waals surface area (Å²) in [5, 5.41) is 10.8. The van der Waals surface area contributed by atoms with Crippen molar-refractivity contribution in [2.24, 2.45) is 0 Å². The zero-order valence-electron chi connectivity index (χ0n) is 10.4. The molecule has 1 amide bonds. The lowest BCUT2D eigenvalue weighted by atomic mass is 9.80. The van der Waals surface area contributed by atoms with Gasteiger partial charge < -0.3 is 10.4 Å². The lowest BCUT2D eigenvalue weighted by Crippen LogP contribution is -2.42. The minimum absolute atomic E-state index is 0.350. The number of carbonyl (C=O) groups is 2. The molecule has 1 aliphatic rings. The molecular weight excluding hydrogens is 249 g/mol. The Morgan fingerprint density at radius 3 is 2.37 bits per heavy atom. The number of rotatable bonds is 5. The van der Waals surface area contributed by atoms with Gasteiger partial charge in [0.2, 0.25) is 0 Å². The van der Waals surface area contributed by atoms with E-state index in [1.165, 1.54) is 24.8 Å². The first kappa shape index (κ1) is 13.5. The van der Waals surface area contributed by atoms with Gasteiger partial charge in [0.15, 0.2) is 6.04 Å². The number of aliphatic carboxylic acids is 1. The predicted molar refractivity (Wildman–Crippen MR) is 67.9 cm³/mol. The Bertz CT molecular complexity index is 468. The highest BCUT2D eigenvalue weighted by Gasteiger charge is 2.22. The van der Waals surface area contributed by atoms with Crippen LogP contribution < -0.4 is 5.32 Å². The number of carboxylic acid groups (broad SMARTS) is 1. The Hall–Kier alpha value is -1.91. The molecule has 102 valence electrons. The van der Waals surface area contributed by atoms with Crippen LogP contribution in [-0.4, -0.2) is 29.7 Å². The maximum Gasteiger partial charge on any atom is 0.328 e. The Morgan fingerprint density at radius 1 is 1.32 bits per heavy atom. The van der Waals surface area contributed by atoms with E-state index in [1.54, 1.807) is 12.1 Å². The van der Waals surface area contributed by atoms with Crippen molar-refractivity contribution in [1.82, 2.24) is 5.32 Å². The van der Waals surface area contributed by atoms with E-state index in [0.29, 0.717) is 11.5 Å². The number of alkyl halides is 1. The maximum absolute atomic E-state index is 12.4. The molecular formula is C14H16FNO3. The largest absolute Gasteiger partial charge is 0.480 e. The molecule has 0 radical (unpaired) electrons. The van der Waals surface area contributed by atoms with Crippen LogP contribution in [0.2, 0.25) is 0 Å². The molecule has 0 saturated heterocycles. The van der Waals surface area contributed by atoms with Gasteiger partial charge in [-0.1, -0.05) is 18.6 Å². The number of hydrogen-bond donors (Lipinski definition) is 2. The molecule has 1 saturated carbocycles. The average Bonchev–Trinajstić information content (AvgIpc) is 2.34.